The second kappa shape index (κ2) is 13.8. The van der Waals surface area contributed by atoms with Crippen LogP contribution in [0.1, 0.15) is 54.4 Å². The van der Waals surface area contributed by atoms with E-state index in [1.165, 1.54) is 0 Å². The lowest BCUT2D eigenvalue weighted by Gasteiger charge is -2.27. The highest BCUT2D eigenvalue weighted by Crippen LogP contribution is 2.19. The molecule has 0 unspecified atom stereocenters. The van der Waals surface area contributed by atoms with Gasteiger partial charge in [0.05, 0.1) is 5.69 Å². The zero-order valence-electron chi connectivity index (χ0n) is 17.1. The molecule has 0 heterocycles. The van der Waals surface area contributed by atoms with Gasteiger partial charge in [-0.25, -0.2) is 14.2 Å². The Kier molecular flexibility index (Phi) is 13.0. The van der Waals surface area contributed by atoms with Gasteiger partial charge in [0, 0.05) is 24.8 Å². The Balaban J connectivity index is 0.00000301. The monoisotopic (exact) mass is 374 g/mol. The first-order valence-corrected chi connectivity index (χ1v) is 9.40. The lowest BCUT2D eigenvalue weighted by atomic mass is 10.00. The Morgan fingerprint density at radius 1 is 1.12 bits per heavy atom. The van der Waals surface area contributed by atoms with Crippen LogP contribution < -0.4 is 15.6 Å². The lowest BCUT2D eigenvalue weighted by Crippen LogP contribution is -2.43. The molecular weight excluding hydrogens is 338 g/mol. The average molecular weight is 375 g/mol. The number of ether oxygens (including phenoxy) is 2. The SMILES string of the molecule is CC.CC(C)COCCCC(C)(C)NNc1cccc(OCC(F)F)c1. The summed E-state index contributed by atoms with van der Waals surface area (Å²) in [5.74, 6) is 0.972. The van der Waals surface area contributed by atoms with Gasteiger partial charge in [0.2, 0.25) is 0 Å². The van der Waals surface area contributed by atoms with Crippen LogP contribution in [-0.4, -0.2) is 31.8 Å². The standard InChI is InChI=1S/C18H30F2N2O2.C2H6/c1-14(2)12-23-10-6-9-18(3,4)22-21-15-7-5-8-16(11-15)24-13-17(19)20;1-2/h5,7-8,11,14,17,21-22H,6,9-10,12-13H2,1-4H3;1-2H3. The highest BCUT2D eigenvalue weighted by molar-refractivity contribution is 5.47. The molecular formula is C20H36F2N2O2. The molecule has 0 aromatic heterocycles. The first-order chi connectivity index (χ1) is 12.3. The number of alkyl halides is 2. The quantitative estimate of drug-likeness (QED) is 0.374. The molecule has 0 bridgehead atoms. The largest absolute Gasteiger partial charge is 0.488 e. The molecule has 0 atom stereocenters. The van der Waals surface area contributed by atoms with Crippen molar-refractivity contribution in [3.63, 3.8) is 0 Å². The minimum Gasteiger partial charge on any atom is -0.488 e. The predicted octanol–water partition coefficient (Wildman–Crippen LogP) is 5.50. The molecule has 1 rings (SSSR count). The summed E-state index contributed by atoms with van der Waals surface area (Å²) in [6.45, 7) is 13.4. The molecule has 0 spiro atoms. The summed E-state index contributed by atoms with van der Waals surface area (Å²) in [5.41, 5.74) is 7.02. The van der Waals surface area contributed by atoms with Crippen molar-refractivity contribution < 1.29 is 18.3 Å². The lowest BCUT2D eigenvalue weighted by molar-refractivity contribution is 0.0819. The van der Waals surface area contributed by atoms with E-state index in [9.17, 15) is 8.78 Å². The number of halogens is 2. The molecule has 4 nitrogen and oxygen atoms in total. The van der Waals surface area contributed by atoms with Crippen molar-refractivity contribution in [2.75, 3.05) is 25.2 Å². The number of nitrogens with one attached hydrogen (secondary N) is 2. The second-order valence-electron chi connectivity index (χ2n) is 6.94. The van der Waals surface area contributed by atoms with E-state index < -0.39 is 13.0 Å². The predicted molar refractivity (Wildman–Crippen MR) is 105 cm³/mol. The summed E-state index contributed by atoms with van der Waals surface area (Å²) in [5, 5.41) is 0. The van der Waals surface area contributed by atoms with E-state index in [2.05, 4.69) is 38.5 Å². The molecule has 2 N–H and O–H groups in total. The number of rotatable bonds is 12. The molecule has 0 aliphatic rings. The fraction of sp³-hybridized carbons (Fsp3) is 0.700. The van der Waals surface area contributed by atoms with E-state index in [0.29, 0.717) is 11.7 Å². The van der Waals surface area contributed by atoms with Crippen molar-refractivity contribution >= 4 is 5.69 Å². The van der Waals surface area contributed by atoms with Crippen molar-refractivity contribution in [2.45, 2.75) is 66.3 Å². The first kappa shape index (κ1) is 24.6. The third-order valence-electron chi connectivity index (χ3n) is 3.30. The number of hydrogen-bond donors (Lipinski definition) is 2. The molecule has 152 valence electrons. The smallest absolute Gasteiger partial charge is 0.272 e. The van der Waals surface area contributed by atoms with Gasteiger partial charge >= 0.3 is 0 Å². The number of hydrogen-bond acceptors (Lipinski definition) is 4. The maximum absolute atomic E-state index is 12.2. The van der Waals surface area contributed by atoms with Crippen LogP contribution in [0.3, 0.4) is 0 Å². The molecule has 1 aromatic rings. The molecule has 0 amide bonds. The van der Waals surface area contributed by atoms with Gasteiger partial charge in [0.15, 0.2) is 0 Å². The van der Waals surface area contributed by atoms with E-state index in [1.807, 2.05) is 19.9 Å². The third kappa shape index (κ3) is 12.9. The molecule has 0 radical (unpaired) electrons. The average Bonchev–Trinajstić information content (AvgIpc) is 2.60. The topological polar surface area (TPSA) is 42.5 Å². The summed E-state index contributed by atoms with van der Waals surface area (Å²) in [6.07, 6.45) is -0.567. The minimum absolute atomic E-state index is 0.124. The van der Waals surface area contributed by atoms with Crippen molar-refractivity contribution in [3.8, 4) is 5.75 Å². The molecule has 1 aromatic carbocycles. The van der Waals surface area contributed by atoms with Gasteiger partial charge < -0.3 is 14.9 Å². The van der Waals surface area contributed by atoms with Crippen LogP contribution in [-0.2, 0) is 4.74 Å². The normalized spacial score (nSPS) is 11.3. The van der Waals surface area contributed by atoms with Gasteiger partial charge in [-0.05, 0) is 44.7 Å². The first-order valence-electron chi connectivity index (χ1n) is 9.40. The summed E-state index contributed by atoms with van der Waals surface area (Å²) in [7, 11) is 0. The molecule has 0 fully saturated rings. The van der Waals surface area contributed by atoms with Crippen LogP contribution in [0.25, 0.3) is 0 Å². The van der Waals surface area contributed by atoms with Gasteiger partial charge in [-0.3, -0.25) is 0 Å². The van der Waals surface area contributed by atoms with E-state index >= 15 is 0 Å². The summed E-state index contributed by atoms with van der Waals surface area (Å²) in [6, 6.07) is 6.96. The fourth-order valence-electron chi connectivity index (χ4n) is 2.06. The molecule has 26 heavy (non-hydrogen) atoms. The summed E-state index contributed by atoms with van der Waals surface area (Å²) in [4.78, 5) is 0. The van der Waals surface area contributed by atoms with Crippen molar-refractivity contribution in [1.29, 1.82) is 0 Å². The second-order valence-corrected chi connectivity index (χ2v) is 6.94. The molecule has 6 heteroatoms. The van der Waals surface area contributed by atoms with Crippen LogP contribution in [0.5, 0.6) is 5.75 Å². The molecule has 0 aliphatic carbocycles. The number of hydrazine groups is 1. The Hall–Kier alpha value is -1.40. The molecule has 0 saturated heterocycles. The van der Waals surface area contributed by atoms with Crippen LogP contribution in [0, 0.1) is 5.92 Å². The Morgan fingerprint density at radius 2 is 1.81 bits per heavy atom. The van der Waals surface area contributed by atoms with Crippen molar-refractivity contribution in [1.82, 2.24) is 5.43 Å². The van der Waals surface area contributed by atoms with Gasteiger partial charge in [-0.15, -0.1) is 0 Å². The summed E-state index contributed by atoms with van der Waals surface area (Å²) >= 11 is 0. The van der Waals surface area contributed by atoms with Crippen molar-refractivity contribution in [3.05, 3.63) is 24.3 Å². The maximum Gasteiger partial charge on any atom is 0.272 e. The van der Waals surface area contributed by atoms with Crippen molar-refractivity contribution in [2.24, 2.45) is 5.92 Å². The van der Waals surface area contributed by atoms with E-state index in [1.54, 1.807) is 18.2 Å². The van der Waals surface area contributed by atoms with Crippen LogP contribution in [0.4, 0.5) is 14.5 Å². The Morgan fingerprint density at radius 3 is 2.42 bits per heavy atom. The van der Waals surface area contributed by atoms with E-state index in [4.69, 9.17) is 9.47 Å². The van der Waals surface area contributed by atoms with Gasteiger partial charge in [0.1, 0.15) is 12.4 Å². The Labute approximate surface area is 157 Å². The fourth-order valence-corrected chi connectivity index (χ4v) is 2.06. The van der Waals surface area contributed by atoms with Gasteiger partial charge in [-0.2, -0.15) is 0 Å². The number of anilines is 1. The van der Waals surface area contributed by atoms with E-state index in [0.717, 1.165) is 31.7 Å². The van der Waals surface area contributed by atoms with Crippen LogP contribution in [0.15, 0.2) is 24.3 Å². The Bertz CT molecular complexity index is 469. The highest BCUT2D eigenvalue weighted by atomic mass is 19.3. The number of benzene rings is 1. The molecule has 0 saturated carbocycles. The van der Waals surface area contributed by atoms with Gasteiger partial charge in [0.25, 0.3) is 6.43 Å². The minimum atomic E-state index is -2.48. The van der Waals surface area contributed by atoms with Crippen LogP contribution in [0.2, 0.25) is 0 Å². The molecule has 0 aliphatic heterocycles. The summed E-state index contributed by atoms with van der Waals surface area (Å²) < 4.78 is 35.0. The van der Waals surface area contributed by atoms with Crippen LogP contribution >= 0.6 is 0 Å². The van der Waals surface area contributed by atoms with Gasteiger partial charge in [-0.1, -0.05) is 33.8 Å². The zero-order chi connectivity index (χ0) is 20.0. The zero-order valence-corrected chi connectivity index (χ0v) is 17.1. The highest BCUT2D eigenvalue weighted by Gasteiger charge is 2.16. The third-order valence-corrected chi connectivity index (χ3v) is 3.30. The van der Waals surface area contributed by atoms with E-state index in [-0.39, 0.29) is 5.54 Å². The maximum atomic E-state index is 12.2.